The highest BCUT2D eigenvalue weighted by atomic mass is 16.5. The molecule has 4 aromatic heterocycles. The third kappa shape index (κ3) is 2.90. The molecule has 1 aromatic carbocycles. The summed E-state index contributed by atoms with van der Waals surface area (Å²) < 4.78 is 16.8. The second-order valence-corrected chi connectivity index (χ2v) is 7.90. The molecule has 4 heterocycles. The minimum Gasteiger partial charge on any atom is -0.496 e. The number of benzene rings is 1. The van der Waals surface area contributed by atoms with Gasteiger partial charge in [0.2, 0.25) is 0 Å². The maximum Gasteiger partial charge on any atom is 0.146 e. The van der Waals surface area contributed by atoms with Crippen molar-refractivity contribution in [3.05, 3.63) is 40.9 Å². The number of fused-ring (bicyclic) bond motifs is 3. The monoisotopic (exact) mass is 431 g/mol. The van der Waals surface area contributed by atoms with Crippen LogP contribution in [0.15, 0.2) is 21.2 Å². The van der Waals surface area contributed by atoms with Gasteiger partial charge in [-0.05, 0) is 39.3 Å². The highest BCUT2D eigenvalue weighted by Gasteiger charge is 2.24. The Bertz CT molecular complexity index is 1430. The number of nitrogens with one attached hydrogen (secondary N) is 1. The molecule has 0 saturated heterocycles. The largest absolute Gasteiger partial charge is 0.496 e. The Morgan fingerprint density at radius 1 is 0.969 bits per heavy atom. The predicted molar refractivity (Wildman–Crippen MR) is 122 cm³/mol. The minimum absolute atomic E-state index is 0.683. The first kappa shape index (κ1) is 20.2. The molecular weight excluding hydrogens is 406 g/mol. The molecule has 0 aliphatic rings. The highest BCUT2D eigenvalue weighted by Crippen LogP contribution is 2.42. The number of H-pyrrole nitrogens is 1. The molecule has 0 saturated carbocycles. The van der Waals surface area contributed by atoms with E-state index in [2.05, 4.69) is 40.2 Å². The van der Waals surface area contributed by atoms with Crippen LogP contribution in [0.2, 0.25) is 0 Å². The average Bonchev–Trinajstić information content (AvgIpc) is 3.45. The summed E-state index contributed by atoms with van der Waals surface area (Å²) in [6.07, 6.45) is 1.49. The van der Waals surface area contributed by atoms with Crippen molar-refractivity contribution >= 4 is 21.9 Å². The summed E-state index contributed by atoms with van der Waals surface area (Å²) in [6.45, 7) is 9.86. The fourth-order valence-electron chi connectivity index (χ4n) is 4.46. The fraction of sp³-hybridized carbons (Fsp3) is 0.333. The van der Waals surface area contributed by atoms with Gasteiger partial charge in [0.25, 0.3) is 0 Å². The zero-order valence-electron chi connectivity index (χ0n) is 19.1. The van der Waals surface area contributed by atoms with Gasteiger partial charge in [0.1, 0.15) is 28.7 Å². The lowest BCUT2D eigenvalue weighted by molar-refractivity contribution is 0.381. The fourth-order valence-corrected chi connectivity index (χ4v) is 4.46. The summed E-state index contributed by atoms with van der Waals surface area (Å²) in [5.41, 5.74) is 7.07. The molecule has 0 aliphatic carbocycles. The first-order chi connectivity index (χ1) is 15.5. The number of ether oxygens (including phenoxy) is 1. The van der Waals surface area contributed by atoms with Crippen LogP contribution in [0.5, 0.6) is 5.75 Å². The van der Waals surface area contributed by atoms with E-state index < -0.39 is 0 Å². The number of hydrogen-bond acceptors (Lipinski definition) is 7. The lowest BCUT2D eigenvalue weighted by atomic mass is 9.98. The molecule has 8 heteroatoms. The second-order valence-electron chi connectivity index (χ2n) is 7.90. The quantitative estimate of drug-likeness (QED) is 0.393. The molecule has 164 valence electrons. The molecule has 5 rings (SSSR count). The highest BCUT2D eigenvalue weighted by molar-refractivity contribution is 6.13. The normalized spacial score (nSPS) is 11.7. The van der Waals surface area contributed by atoms with E-state index in [-0.39, 0.29) is 0 Å². The van der Waals surface area contributed by atoms with Crippen molar-refractivity contribution in [3.8, 4) is 28.1 Å². The first-order valence-corrected chi connectivity index (χ1v) is 10.8. The molecule has 1 N–H and O–H groups in total. The average molecular weight is 431 g/mol. The van der Waals surface area contributed by atoms with Gasteiger partial charge in [0, 0.05) is 22.9 Å². The predicted octanol–water partition coefficient (Wildman–Crippen LogP) is 5.48. The van der Waals surface area contributed by atoms with Gasteiger partial charge >= 0.3 is 0 Å². The molecule has 0 atom stereocenters. The smallest absolute Gasteiger partial charge is 0.146 e. The standard InChI is InChI=1S/C24H25N5O3/c1-7-16-22(18(8-2)32-29-16)23-21-14-10-19(30-6)15(20-11(3)28-31-12(20)4)9-17(14)27-24(21)26-13(5)25-23/h9-10H,7-8H2,1-6H3,(H,25,26,27). The molecule has 8 nitrogen and oxygen atoms in total. The number of rotatable bonds is 5. The third-order valence-electron chi connectivity index (χ3n) is 5.91. The van der Waals surface area contributed by atoms with E-state index >= 15 is 0 Å². The van der Waals surface area contributed by atoms with Gasteiger partial charge in [-0.1, -0.05) is 24.2 Å². The van der Waals surface area contributed by atoms with Crippen molar-refractivity contribution in [3.63, 3.8) is 0 Å². The lowest BCUT2D eigenvalue weighted by Crippen LogP contribution is -1.97. The Morgan fingerprint density at radius 3 is 2.44 bits per heavy atom. The summed E-state index contributed by atoms with van der Waals surface area (Å²) in [4.78, 5) is 13.0. The molecule has 0 aliphatic heterocycles. The Balaban J connectivity index is 1.88. The Morgan fingerprint density at radius 2 is 1.78 bits per heavy atom. The van der Waals surface area contributed by atoms with E-state index in [9.17, 15) is 0 Å². The van der Waals surface area contributed by atoms with Gasteiger partial charge < -0.3 is 18.8 Å². The van der Waals surface area contributed by atoms with E-state index in [0.717, 1.165) is 85.8 Å². The van der Waals surface area contributed by atoms with Gasteiger partial charge in [-0.2, -0.15) is 0 Å². The topological polar surface area (TPSA) is 103 Å². The lowest BCUT2D eigenvalue weighted by Gasteiger charge is -2.10. The van der Waals surface area contributed by atoms with Crippen molar-refractivity contribution in [2.45, 2.75) is 47.5 Å². The molecular formula is C24H25N5O3. The van der Waals surface area contributed by atoms with Crippen LogP contribution in [-0.4, -0.2) is 32.4 Å². The van der Waals surface area contributed by atoms with E-state index in [1.807, 2.05) is 26.8 Å². The zero-order chi connectivity index (χ0) is 22.6. The van der Waals surface area contributed by atoms with Crippen molar-refractivity contribution in [1.29, 1.82) is 0 Å². The van der Waals surface area contributed by atoms with Gasteiger partial charge in [-0.3, -0.25) is 0 Å². The van der Waals surface area contributed by atoms with Crippen molar-refractivity contribution in [2.75, 3.05) is 7.11 Å². The number of nitrogens with zero attached hydrogens (tertiary/aromatic N) is 4. The molecule has 0 fully saturated rings. The maximum atomic E-state index is 5.79. The van der Waals surface area contributed by atoms with Gasteiger partial charge in [0.05, 0.1) is 40.7 Å². The Labute approximate surface area is 185 Å². The van der Waals surface area contributed by atoms with E-state index in [0.29, 0.717) is 5.82 Å². The molecule has 32 heavy (non-hydrogen) atoms. The third-order valence-corrected chi connectivity index (χ3v) is 5.91. The second kappa shape index (κ2) is 7.47. The molecule has 0 radical (unpaired) electrons. The van der Waals surface area contributed by atoms with Crippen LogP contribution in [0.4, 0.5) is 0 Å². The summed E-state index contributed by atoms with van der Waals surface area (Å²) >= 11 is 0. The van der Waals surface area contributed by atoms with E-state index in [4.69, 9.17) is 18.8 Å². The summed E-state index contributed by atoms with van der Waals surface area (Å²) in [5, 5.41) is 10.3. The summed E-state index contributed by atoms with van der Waals surface area (Å²) in [5.74, 6) is 2.99. The van der Waals surface area contributed by atoms with Crippen LogP contribution in [-0.2, 0) is 12.8 Å². The minimum atomic E-state index is 0.683. The van der Waals surface area contributed by atoms with Crippen LogP contribution in [0.1, 0.15) is 42.6 Å². The number of aromatic amines is 1. The van der Waals surface area contributed by atoms with Crippen LogP contribution >= 0.6 is 0 Å². The first-order valence-electron chi connectivity index (χ1n) is 10.8. The zero-order valence-corrected chi connectivity index (χ0v) is 19.1. The van der Waals surface area contributed by atoms with Crippen molar-refractivity contribution in [1.82, 2.24) is 25.3 Å². The maximum absolute atomic E-state index is 5.79. The van der Waals surface area contributed by atoms with Gasteiger partial charge in [-0.15, -0.1) is 0 Å². The molecule has 0 amide bonds. The summed E-state index contributed by atoms with van der Waals surface area (Å²) in [6, 6.07) is 4.10. The molecule has 0 unspecified atom stereocenters. The van der Waals surface area contributed by atoms with Crippen LogP contribution in [0.25, 0.3) is 44.3 Å². The van der Waals surface area contributed by atoms with Crippen LogP contribution < -0.4 is 4.74 Å². The number of aromatic nitrogens is 5. The van der Waals surface area contributed by atoms with Crippen molar-refractivity contribution in [2.24, 2.45) is 0 Å². The SMILES string of the molecule is CCc1noc(CC)c1-c1nc(C)nc2[nH]c3cc(-c4c(C)noc4C)c(OC)cc3c12. The number of methoxy groups -OCH3 is 1. The number of aryl methyl sites for hydroxylation is 5. The van der Waals surface area contributed by atoms with E-state index in [1.54, 1.807) is 7.11 Å². The number of hydrogen-bond donors (Lipinski definition) is 1. The summed E-state index contributed by atoms with van der Waals surface area (Å²) in [7, 11) is 1.67. The van der Waals surface area contributed by atoms with Gasteiger partial charge in [0.15, 0.2) is 0 Å². The van der Waals surface area contributed by atoms with Gasteiger partial charge in [-0.25, -0.2) is 9.97 Å². The molecule has 5 aromatic rings. The molecule has 0 spiro atoms. The van der Waals surface area contributed by atoms with Crippen molar-refractivity contribution < 1.29 is 13.8 Å². The Kier molecular flexibility index (Phi) is 4.73. The van der Waals surface area contributed by atoms with Crippen LogP contribution in [0, 0.1) is 20.8 Å². The molecule has 0 bridgehead atoms. The Hall–Kier alpha value is -3.68. The van der Waals surface area contributed by atoms with E-state index in [1.165, 1.54) is 0 Å². The van der Waals surface area contributed by atoms with Crippen LogP contribution in [0.3, 0.4) is 0 Å².